The third kappa shape index (κ3) is 3.43. The van der Waals surface area contributed by atoms with Crippen LogP contribution in [0.4, 0.5) is 0 Å². The minimum absolute atomic E-state index is 0.0489. The standard InChI is InChI=1S/C16H20O3/c1-19-16(18)14-11-10-13(15(14)17)9-5-8-12-6-3-2-4-7-12/h2-4,6-7,13-14H,5,8-11H2,1H3. The van der Waals surface area contributed by atoms with Gasteiger partial charge in [-0.05, 0) is 37.7 Å². The molecular weight excluding hydrogens is 240 g/mol. The number of benzene rings is 1. The maximum absolute atomic E-state index is 12.0. The molecule has 0 heterocycles. The molecule has 1 aromatic rings. The Bertz CT molecular complexity index is 439. The van der Waals surface area contributed by atoms with Gasteiger partial charge in [-0.3, -0.25) is 9.59 Å². The second-order valence-corrected chi connectivity index (χ2v) is 5.13. The minimum Gasteiger partial charge on any atom is -0.468 e. The number of methoxy groups -OCH3 is 1. The van der Waals surface area contributed by atoms with E-state index in [9.17, 15) is 9.59 Å². The van der Waals surface area contributed by atoms with Crippen LogP contribution in [0.5, 0.6) is 0 Å². The van der Waals surface area contributed by atoms with Crippen LogP contribution >= 0.6 is 0 Å². The van der Waals surface area contributed by atoms with Crippen molar-refractivity contribution in [3.05, 3.63) is 35.9 Å². The van der Waals surface area contributed by atoms with Crippen molar-refractivity contribution in [2.45, 2.75) is 32.1 Å². The number of ketones is 1. The highest BCUT2D eigenvalue weighted by Crippen LogP contribution is 2.31. The zero-order valence-corrected chi connectivity index (χ0v) is 11.3. The van der Waals surface area contributed by atoms with Crippen LogP contribution in [0.3, 0.4) is 0 Å². The lowest BCUT2D eigenvalue weighted by atomic mass is 9.96. The molecule has 1 aliphatic carbocycles. The molecule has 0 radical (unpaired) electrons. The maximum atomic E-state index is 12.0. The van der Waals surface area contributed by atoms with Crippen LogP contribution in [0.25, 0.3) is 0 Å². The van der Waals surface area contributed by atoms with E-state index >= 15 is 0 Å². The van der Waals surface area contributed by atoms with E-state index in [4.69, 9.17) is 0 Å². The molecule has 1 fully saturated rings. The fourth-order valence-electron chi connectivity index (χ4n) is 2.80. The number of esters is 1. The number of rotatable bonds is 5. The van der Waals surface area contributed by atoms with E-state index in [0.717, 1.165) is 25.7 Å². The summed E-state index contributed by atoms with van der Waals surface area (Å²) >= 11 is 0. The molecule has 0 amide bonds. The second-order valence-electron chi connectivity index (χ2n) is 5.13. The summed E-state index contributed by atoms with van der Waals surface area (Å²) in [7, 11) is 1.35. The Morgan fingerprint density at radius 2 is 2.00 bits per heavy atom. The summed E-state index contributed by atoms with van der Waals surface area (Å²) in [4.78, 5) is 23.5. The average Bonchev–Trinajstić information content (AvgIpc) is 2.81. The minimum atomic E-state index is -0.508. The van der Waals surface area contributed by atoms with Gasteiger partial charge >= 0.3 is 5.97 Å². The van der Waals surface area contributed by atoms with Crippen LogP contribution in [-0.4, -0.2) is 18.9 Å². The number of aryl methyl sites for hydroxylation is 1. The van der Waals surface area contributed by atoms with Crippen LogP contribution in [0.15, 0.2) is 30.3 Å². The SMILES string of the molecule is COC(=O)C1CCC(CCCc2ccccc2)C1=O. The Morgan fingerprint density at radius 3 is 2.68 bits per heavy atom. The van der Waals surface area contributed by atoms with Crippen molar-refractivity contribution in [1.29, 1.82) is 0 Å². The molecule has 0 saturated heterocycles. The van der Waals surface area contributed by atoms with Gasteiger partial charge in [0.1, 0.15) is 11.7 Å². The smallest absolute Gasteiger partial charge is 0.316 e. The Kier molecular flexibility index (Phi) is 4.72. The fraction of sp³-hybridized carbons (Fsp3) is 0.500. The summed E-state index contributed by atoms with van der Waals surface area (Å²) in [5.41, 5.74) is 1.30. The molecule has 0 N–H and O–H groups in total. The first-order valence-electron chi connectivity index (χ1n) is 6.88. The number of hydrogen-bond acceptors (Lipinski definition) is 3. The van der Waals surface area contributed by atoms with E-state index in [1.165, 1.54) is 12.7 Å². The summed E-state index contributed by atoms with van der Waals surface area (Å²) in [6.07, 6.45) is 4.35. The maximum Gasteiger partial charge on any atom is 0.316 e. The van der Waals surface area contributed by atoms with Gasteiger partial charge in [0.25, 0.3) is 0 Å². The van der Waals surface area contributed by atoms with Gasteiger partial charge < -0.3 is 4.74 Å². The molecule has 1 saturated carbocycles. The Balaban J connectivity index is 1.78. The van der Waals surface area contributed by atoms with Gasteiger partial charge in [-0.2, -0.15) is 0 Å². The van der Waals surface area contributed by atoms with Gasteiger partial charge in [0.15, 0.2) is 0 Å². The summed E-state index contributed by atoms with van der Waals surface area (Å²) in [5, 5.41) is 0. The van der Waals surface area contributed by atoms with E-state index in [1.54, 1.807) is 0 Å². The van der Waals surface area contributed by atoms with Gasteiger partial charge in [-0.25, -0.2) is 0 Å². The van der Waals surface area contributed by atoms with Gasteiger partial charge in [0.05, 0.1) is 7.11 Å². The summed E-state index contributed by atoms with van der Waals surface area (Å²) in [5.74, 6) is -0.741. The zero-order valence-electron chi connectivity index (χ0n) is 11.3. The Morgan fingerprint density at radius 1 is 1.26 bits per heavy atom. The van der Waals surface area contributed by atoms with Crippen LogP contribution < -0.4 is 0 Å². The zero-order chi connectivity index (χ0) is 13.7. The number of hydrogen-bond donors (Lipinski definition) is 0. The number of Topliss-reactive ketones (excluding diaryl/α,β-unsaturated/α-hetero) is 1. The summed E-state index contributed by atoms with van der Waals surface area (Å²) < 4.78 is 4.67. The van der Waals surface area contributed by atoms with E-state index < -0.39 is 5.92 Å². The highest BCUT2D eigenvalue weighted by Gasteiger charge is 2.38. The van der Waals surface area contributed by atoms with E-state index in [-0.39, 0.29) is 17.7 Å². The molecule has 1 aromatic carbocycles. The highest BCUT2D eigenvalue weighted by molar-refractivity contribution is 6.01. The molecule has 19 heavy (non-hydrogen) atoms. The van der Waals surface area contributed by atoms with Crippen LogP contribution in [-0.2, 0) is 20.7 Å². The average molecular weight is 260 g/mol. The summed E-state index contributed by atoms with van der Waals surface area (Å²) in [6, 6.07) is 10.3. The molecule has 2 unspecified atom stereocenters. The van der Waals surface area contributed by atoms with Crippen LogP contribution in [0, 0.1) is 11.8 Å². The molecule has 0 spiro atoms. The quantitative estimate of drug-likeness (QED) is 0.604. The largest absolute Gasteiger partial charge is 0.468 e. The second kappa shape index (κ2) is 6.50. The van der Waals surface area contributed by atoms with E-state index in [0.29, 0.717) is 6.42 Å². The molecule has 0 aliphatic heterocycles. The Labute approximate surface area is 114 Å². The number of ether oxygens (including phenoxy) is 1. The van der Waals surface area contributed by atoms with Gasteiger partial charge in [0, 0.05) is 5.92 Å². The van der Waals surface area contributed by atoms with Crippen molar-refractivity contribution >= 4 is 11.8 Å². The molecule has 102 valence electrons. The topological polar surface area (TPSA) is 43.4 Å². The molecule has 3 nitrogen and oxygen atoms in total. The summed E-state index contributed by atoms with van der Waals surface area (Å²) in [6.45, 7) is 0. The van der Waals surface area contributed by atoms with Crippen LogP contribution in [0.1, 0.15) is 31.2 Å². The molecule has 0 aromatic heterocycles. The molecule has 1 aliphatic rings. The molecule has 2 rings (SSSR count). The predicted molar refractivity (Wildman–Crippen MR) is 72.6 cm³/mol. The first-order chi connectivity index (χ1) is 9.22. The molecule has 0 bridgehead atoms. The first-order valence-corrected chi connectivity index (χ1v) is 6.88. The van der Waals surface area contributed by atoms with Crippen molar-refractivity contribution in [2.75, 3.05) is 7.11 Å². The fourth-order valence-corrected chi connectivity index (χ4v) is 2.80. The number of carbonyl (C=O) groups is 2. The molecule has 3 heteroatoms. The van der Waals surface area contributed by atoms with Crippen molar-refractivity contribution in [2.24, 2.45) is 11.8 Å². The molecule has 2 atom stereocenters. The monoisotopic (exact) mass is 260 g/mol. The third-order valence-electron chi connectivity index (χ3n) is 3.90. The molecular formula is C16H20O3. The lowest BCUT2D eigenvalue weighted by Crippen LogP contribution is -2.23. The lowest BCUT2D eigenvalue weighted by molar-refractivity contribution is -0.148. The first kappa shape index (κ1) is 13.8. The normalized spacial score (nSPS) is 22.5. The third-order valence-corrected chi connectivity index (χ3v) is 3.90. The number of carbonyl (C=O) groups excluding carboxylic acids is 2. The van der Waals surface area contributed by atoms with Gasteiger partial charge in [0.2, 0.25) is 0 Å². The van der Waals surface area contributed by atoms with Crippen molar-refractivity contribution in [3.8, 4) is 0 Å². The Hall–Kier alpha value is -1.64. The van der Waals surface area contributed by atoms with Crippen LogP contribution in [0.2, 0.25) is 0 Å². The van der Waals surface area contributed by atoms with Gasteiger partial charge in [-0.1, -0.05) is 30.3 Å². The van der Waals surface area contributed by atoms with E-state index in [2.05, 4.69) is 16.9 Å². The van der Waals surface area contributed by atoms with Crippen molar-refractivity contribution in [1.82, 2.24) is 0 Å². The van der Waals surface area contributed by atoms with Crippen molar-refractivity contribution < 1.29 is 14.3 Å². The lowest BCUT2D eigenvalue weighted by Gasteiger charge is -2.09. The predicted octanol–water partition coefficient (Wildman–Crippen LogP) is 2.78. The highest BCUT2D eigenvalue weighted by atomic mass is 16.5. The van der Waals surface area contributed by atoms with Gasteiger partial charge in [-0.15, -0.1) is 0 Å². The van der Waals surface area contributed by atoms with E-state index in [1.807, 2.05) is 18.2 Å². The van der Waals surface area contributed by atoms with Crippen molar-refractivity contribution in [3.63, 3.8) is 0 Å².